The fourth-order valence-corrected chi connectivity index (χ4v) is 4.81. The van der Waals surface area contributed by atoms with Crippen LogP contribution in [0.2, 0.25) is 0 Å². The molecule has 5 rings (SSSR count). The van der Waals surface area contributed by atoms with E-state index in [-0.39, 0.29) is 12.7 Å². The number of aliphatic hydroxyl groups is 1. The first-order valence-corrected chi connectivity index (χ1v) is 12.2. The van der Waals surface area contributed by atoms with Crippen molar-refractivity contribution < 1.29 is 14.6 Å². The smallest absolute Gasteiger partial charge is 0.410 e. The summed E-state index contributed by atoms with van der Waals surface area (Å²) in [5.41, 5.74) is 3.89. The second kappa shape index (κ2) is 8.63. The van der Waals surface area contributed by atoms with Crippen LogP contribution >= 0.6 is 0 Å². The monoisotopic (exact) mass is 453 g/mol. The van der Waals surface area contributed by atoms with Crippen LogP contribution in [-0.2, 0) is 4.74 Å². The van der Waals surface area contributed by atoms with Crippen LogP contribution in [0, 0.1) is 5.92 Å². The number of carbonyl (C=O) groups is 1. The van der Waals surface area contributed by atoms with E-state index in [1.54, 1.807) is 4.90 Å². The molecule has 2 aliphatic carbocycles. The Bertz CT molecular complexity index is 996. The number of ether oxygens (including phenoxy) is 1. The van der Waals surface area contributed by atoms with Crippen molar-refractivity contribution in [3.8, 4) is 11.3 Å². The van der Waals surface area contributed by atoms with E-state index in [2.05, 4.69) is 21.8 Å². The van der Waals surface area contributed by atoms with Gasteiger partial charge in [-0.3, -0.25) is 9.67 Å². The summed E-state index contributed by atoms with van der Waals surface area (Å²) in [6, 6.07) is 4.49. The fraction of sp³-hybridized carbons (Fsp3) is 0.640. The molecule has 0 radical (unpaired) electrons. The first kappa shape index (κ1) is 22.2. The zero-order valence-electron chi connectivity index (χ0n) is 19.9. The molecule has 0 unspecified atom stereocenters. The number of hydrogen-bond donors (Lipinski definition) is 1. The second-order valence-electron chi connectivity index (χ2n) is 10.7. The molecule has 1 saturated heterocycles. The number of nitrogens with zero attached hydrogens (tertiary/aromatic N) is 5. The molecule has 0 atom stereocenters. The zero-order valence-corrected chi connectivity index (χ0v) is 19.9. The van der Waals surface area contributed by atoms with Crippen LogP contribution in [0.5, 0.6) is 0 Å². The summed E-state index contributed by atoms with van der Waals surface area (Å²) in [6.45, 7) is 8.69. The van der Waals surface area contributed by atoms with Crippen LogP contribution in [0.4, 0.5) is 10.5 Å². The van der Waals surface area contributed by atoms with Gasteiger partial charge in [-0.1, -0.05) is 0 Å². The molecule has 178 valence electrons. The first-order chi connectivity index (χ1) is 15.8. The van der Waals surface area contributed by atoms with Crippen molar-refractivity contribution in [1.82, 2.24) is 19.7 Å². The van der Waals surface area contributed by atoms with Gasteiger partial charge >= 0.3 is 6.09 Å². The lowest BCUT2D eigenvalue weighted by Crippen LogP contribution is -2.50. The number of aliphatic hydroxyl groups excluding tert-OH is 1. The fourth-order valence-electron chi connectivity index (χ4n) is 4.81. The SMILES string of the molecule is CC(C)(C)OC(=O)N1CCN(c2cccnc2-c2cn(C3CC(CO)C3)nc2C2CC2)CC1. The number of hydrogen-bond acceptors (Lipinski definition) is 6. The third-order valence-electron chi connectivity index (χ3n) is 6.88. The topological polar surface area (TPSA) is 83.7 Å². The highest BCUT2D eigenvalue weighted by Gasteiger charge is 2.36. The Labute approximate surface area is 195 Å². The maximum Gasteiger partial charge on any atom is 0.410 e. The molecule has 3 heterocycles. The highest BCUT2D eigenvalue weighted by molar-refractivity contribution is 5.77. The van der Waals surface area contributed by atoms with Gasteiger partial charge in [0.05, 0.1) is 23.1 Å². The van der Waals surface area contributed by atoms with Gasteiger partial charge in [-0.15, -0.1) is 0 Å². The van der Waals surface area contributed by atoms with Crippen molar-refractivity contribution in [2.45, 2.75) is 64.0 Å². The van der Waals surface area contributed by atoms with Gasteiger partial charge in [-0.2, -0.15) is 5.10 Å². The lowest BCUT2D eigenvalue weighted by molar-refractivity contribution is 0.0240. The minimum atomic E-state index is -0.484. The summed E-state index contributed by atoms with van der Waals surface area (Å²) in [5.74, 6) is 0.924. The molecule has 0 bridgehead atoms. The van der Waals surface area contributed by atoms with Crippen LogP contribution in [0.1, 0.15) is 64.1 Å². The summed E-state index contributed by atoms with van der Waals surface area (Å²) in [5, 5.41) is 14.4. The molecular weight excluding hydrogens is 418 g/mol. The van der Waals surface area contributed by atoms with Crippen molar-refractivity contribution in [1.29, 1.82) is 0 Å². The lowest BCUT2D eigenvalue weighted by Gasteiger charge is -2.37. The molecule has 8 nitrogen and oxygen atoms in total. The van der Waals surface area contributed by atoms with Crippen LogP contribution in [0.15, 0.2) is 24.5 Å². The van der Waals surface area contributed by atoms with E-state index in [9.17, 15) is 9.90 Å². The summed E-state index contributed by atoms with van der Waals surface area (Å²) >= 11 is 0. The molecule has 2 aromatic rings. The molecule has 1 amide bonds. The van der Waals surface area contributed by atoms with Crippen LogP contribution in [0.3, 0.4) is 0 Å². The molecule has 33 heavy (non-hydrogen) atoms. The van der Waals surface area contributed by atoms with Gasteiger partial charge in [0.2, 0.25) is 0 Å². The first-order valence-electron chi connectivity index (χ1n) is 12.2. The molecule has 3 aliphatic rings. The minimum Gasteiger partial charge on any atom is -0.444 e. The average Bonchev–Trinajstić information content (AvgIpc) is 3.51. The number of carbonyl (C=O) groups excluding carboxylic acids is 1. The molecule has 8 heteroatoms. The van der Waals surface area contributed by atoms with Gasteiger partial charge < -0.3 is 19.6 Å². The van der Waals surface area contributed by atoms with E-state index >= 15 is 0 Å². The van der Waals surface area contributed by atoms with E-state index in [4.69, 9.17) is 14.8 Å². The minimum absolute atomic E-state index is 0.243. The molecule has 2 saturated carbocycles. The van der Waals surface area contributed by atoms with Crippen molar-refractivity contribution >= 4 is 11.8 Å². The standard InChI is InChI=1S/C25H35N5O3/c1-25(2,3)33-24(32)29-11-9-28(10-12-29)21-5-4-8-26-23(21)20-15-30(19-13-17(14-19)16-31)27-22(20)18-6-7-18/h4-5,8,15,17-19,31H,6-7,9-14,16H2,1-3H3. The molecule has 0 spiro atoms. The van der Waals surface area contributed by atoms with Crippen molar-refractivity contribution in [2.24, 2.45) is 5.92 Å². The predicted molar refractivity (Wildman–Crippen MR) is 126 cm³/mol. The predicted octanol–water partition coefficient (Wildman–Crippen LogP) is 3.82. The number of pyridine rings is 1. The summed E-state index contributed by atoms with van der Waals surface area (Å²) in [4.78, 5) is 21.4. The summed E-state index contributed by atoms with van der Waals surface area (Å²) in [7, 11) is 0. The molecular formula is C25H35N5O3. The number of anilines is 1. The van der Waals surface area contributed by atoms with E-state index < -0.39 is 5.60 Å². The third-order valence-corrected chi connectivity index (χ3v) is 6.88. The average molecular weight is 454 g/mol. The van der Waals surface area contributed by atoms with Gasteiger partial charge in [0.1, 0.15) is 5.60 Å². The number of piperazine rings is 1. The van der Waals surface area contributed by atoms with Crippen molar-refractivity contribution in [3.05, 3.63) is 30.2 Å². The zero-order chi connectivity index (χ0) is 23.2. The maximum absolute atomic E-state index is 12.5. The van der Waals surface area contributed by atoms with Gasteiger partial charge in [0, 0.05) is 56.7 Å². The maximum atomic E-state index is 12.5. The van der Waals surface area contributed by atoms with E-state index in [1.807, 2.05) is 33.0 Å². The van der Waals surface area contributed by atoms with Gasteiger partial charge in [-0.05, 0) is 64.5 Å². The Hall–Kier alpha value is -2.61. The van der Waals surface area contributed by atoms with Gasteiger partial charge in [-0.25, -0.2) is 4.79 Å². The Morgan fingerprint density at radius 1 is 1.18 bits per heavy atom. The van der Waals surface area contributed by atoms with Crippen LogP contribution in [-0.4, -0.2) is 69.3 Å². The van der Waals surface area contributed by atoms with Crippen molar-refractivity contribution in [3.63, 3.8) is 0 Å². The number of aromatic nitrogens is 3. The highest BCUT2D eigenvalue weighted by atomic mass is 16.6. The van der Waals surface area contributed by atoms with E-state index in [0.717, 1.165) is 48.6 Å². The van der Waals surface area contributed by atoms with E-state index in [1.165, 1.54) is 12.8 Å². The van der Waals surface area contributed by atoms with Crippen LogP contribution in [0.25, 0.3) is 11.3 Å². The van der Waals surface area contributed by atoms with Crippen molar-refractivity contribution in [2.75, 3.05) is 37.7 Å². The summed E-state index contributed by atoms with van der Waals surface area (Å²) < 4.78 is 7.67. The molecule has 3 fully saturated rings. The largest absolute Gasteiger partial charge is 0.444 e. The lowest BCUT2D eigenvalue weighted by atomic mass is 9.81. The quantitative estimate of drug-likeness (QED) is 0.741. The Kier molecular flexibility index (Phi) is 5.80. The third kappa shape index (κ3) is 4.71. The number of amides is 1. The Balaban J connectivity index is 1.35. The van der Waals surface area contributed by atoms with Gasteiger partial charge in [0.25, 0.3) is 0 Å². The van der Waals surface area contributed by atoms with Crippen LogP contribution < -0.4 is 4.90 Å². The molecule has 1 N–H and O–H groups in total. The Morgan fingerprint density at radius 3 is 2.55 bits per heavy atom. The van der Waals surface area contributed by atoms with E-state index in [0.29, 0.717) is 31.0 Å². The molecule has 2 aromatic heterocycles. The number of rotatable bonds is 5. The molecule has 0 aromatic carbocycles. The normalized spacial score (nSPS) is 23.4. The van der Waals surface area contributed by atoms with Gasteiger partial charge in [0.15, 0.2) is 0 Å². The molecule has 1 aliphatic heterocycles. The second-order valence-corrected chi connectivity index (χ2v) is 10.7. The Morgan fingerprint density at radius 2 is 1.91 bits per heavy atom. The summed E-state index contributed by atoms with van der Waals surface area (Å²) in [6.07, 6.45) is 8.14. The highest BCUT2D eigenvalue weighted by Crippen LogP contribution is 2.46.